The number of amides is 1. The fourth-order valence-corrected chi connectivity index (χ4v) is 2.06. The van der Waals surface area contributed by atoms with Gasteiger partial charge >= 0.3 is 0 Å². The maximum Gasteiger partial charge on any atom is 0.251 e. The average Bonchev–Trinajstić information content (AvgIpc) is 2.61. The third kappa shape index (κ3) is 3.47. The van der Waals surface area contributed by atoms with Crippen molar-refractivity contribution in [3.05, 3.63) is 0 Å². The molecule has 4 heteroatoms. The summed E-state index contributed by atoms with van der Waals surface area (Å²) in [5.74, 6) is 0.694. The predicted molar refractivity (Wildman–Crippen MR) is 59.7 cm³/mol. The summed E-state index contributed by atoms with van der Waals surface area (Å²) in [6, 6.07) is 0. The van der Waals surface area contributed by atoms with E-state index in [-0.39, 0.29) is 12.0 Å². The minimum absolute atomic E-state index is 0.0760. The summed E-state index contributed by atoms with van der Waals surface area (Å²) in [5.41, 5.74) is 0. The monoisotopic (exact) mass is 214 g/mol. The van der Waals surface area contributed by atoms with Crippen molar-refractivity contribution >= 4 is 5.91 Å². The molecule has 2 atom stereocenters. The number of rotatable bonds is 4. The molecule has 0 radical (unpaired) electrons. The Hall–Kier alpha value is -0.610. The standard InChI is InChI=1S/C11H22N2O2/c1-9(15-4)11(14)13(3)8-10-5-6-12(2)7-10/h9-10H,5-8H2,1-4H3. The number of nitrogens with zero attached hydrogens (tertiary/aromatic N) is 2. The summed E-state index contributed by atoms with van der Waals surface area (Å²) in [7, 11) is 5.55. The van der Waals surface area contributed by atoms with E-state index in [1.807, 2.05) is 7.05 Å². The lowest BCUT2D eigenvalue weighted by atomic mass is 10.1. The molecule has 1 aliphatic heterocycles. The molecule has 1 amide bonds. The molecular weight excluding hydrogens is 192 g/mol. The summed E-state index contributed by atoms with van der Waals surface area (Å²) in [5, 5.41) is 0. The fourth-order valence-electron chi connectivity index (χ4n) is 2.06. The molecule has 0 bridgehead atoms. The SMILES string of the molecule is COC(C)C(=O)N(C)CC1CCN(C)C1. The highest BCUT2D eigenvalue weighted by Crippen LogP contribution is 2.15. The second-order valence-electron chi connectivity index (χ2n) is 4.51. The van der Waals surface area contributed by atoms with Crippen LogP contribution in [0.5, 0.6) is 0 Å². The third-order valence-corrected chi connectivity index (χ3v) is 3.10. The van der Waals surface area contributed by atoms with E-state index in [4.69, 9.17) is 4.74 Å². The van der Waals surface area contributed by atoms with Gasteiger partial charge in [-0.1, -0.05) is 0 Å². The van der Waals surface area contributed by atoms with Crippen LogP contribution in [0.15, 0.2) is 0 Å². The summed E-state index contributed by atoms with van der Waals surface area (Å²) < 4.78 is 5.02. The van der Waals surface area contributed by atoms with Crippen molar-refractivity contribution in [2.45, 2.75) is 19.4 Å². The molecule has 88 valence electrons. The van der Waals surface area contributed by atoms with E-state index in [9.17, 15) is 4.79 Å². The van der Waals surface area contributed by atoms with Gasteiger partial charge in [-0.05, 0) is 32.9 Å². The first kappa shape index (κ1) is 12.5. The number of carbonyl (C=O) groups excluding carboxylic acids is 1. The second-order valence-corrected chi connectivity index (χ2v) is 4.51. The summed E-state index contributed by atoms with van der Waals surface area (Å²) >= 11 is 0. The van der Waals surface area contributed by atoms with Gasteiger partial charge in [-0.25, -0.2) is 0 Å². The Morgan fingerprint density at radius 3 is 2.80 bits per heavy atom. The Balaban J connectivity index is 2.35. The molecule has 0 aromatic rings. The number of methoxy groups -OCH3 is 1. The average molecular weight is 214 g/mol. The number of carbonyl (C=O) groups is 1. The molecule has 1 saturated heterocycles. The van der Waals surface area contributed by atoms with Crippen molar-refractivity contribution in [1.29, 1.82) is 0 Å². The lowest BCUT2D eigenvalue weighted by Crippen LogP contribution is -2.39. The van der Waals surface area contributed by atoms with Crippen LogP contribution in [0.4, 0.5) is 0 Å². The van der Waals surface area contributed by atoms with Crippen LogP contribution < -0.4 is 0 Å². The van der Waals surface area contributed by atoms with Crippen LogP contribution in [0.1, 0.15) is 13.3 Å². The molecule has 0 saturated carbocycles. The number of hydrogen-bond acceptors (Lipinski definition) is 3. The predicted octanol–water partition coefficient (Wildman–Crippen LogP) is 0.431. The Morgan fingerprint density at radius 2 is 2.33 bits per heavy atom. The number of ether oxygens (including phenoxy) is 1. The quantitative estimate of drug-likeness (QED) is 0.680. The molecule has 1 aliphatic rings. The van der Waals surface area contributed by atoms with E-state index in [2.05, 4.69) is 11.9 Å². The molecule has 4 nitrogen and oxygen atoms in total. The first-order valence-corrected chi connectivity index (χ1v) is 5.51. The van der Waals surface area contributed by atoms with Crippen LogP contribution in [0.2, 0.25) is 0 Å². The van der Waals surface area contributed by atoms with E-state index in [1.165, 1.54) is 6.42 Å². The Morgan fingerprint density at radius 1 is 1.67 bits per heavy atom. The van der Waals surface area contributed by atoms with Gasteiger partial charge in [0.2, 0.25) is 0 Å². The van der Waals surface area contributed by atoms with Gasteiger partial charge < -0.3 is 14.5 Å². The van der Waals surface area contributed by atoms with E-state index < -0.39 is 0 Å². The highest BCUT2D eigenvalue weighted by molar-refractivity contribution is 5.80. The Bertz CT molecular complexity index is 221. The molecular formula is C11H22N2O2. The lowest BCUT2D eigenvalue weighted by Gasteiger charge is -2.23. The van der Waals surface area contributed by atoms with Crippen LogP contribution in [-0.4, -0.2) is 62.7 Å². The number of hydrogen-bond donors (Lipinski definition) is 0. The molecule has 0 spiro atoms. The number of likely N-dealkylation sites (tertiary alicyclic amines) is 1. The molecule has 0 aromatic carbocycles. The normalized spacial score (nSPS) is 24.1. The maximum absolute atomic E-state index is 11.7. The highest BCUT2D eigenvalue weighted by atomic mass is 16.5. The van der Waals surface area contributed by atoms with E-state index in [0.717, 1.165) is 19.6 Å². The van der Waals surface area contributed by atoms with E-state index in [1.54, 1.807) is 18.9 Å². The molecule has 1 heterocycles. The molecule has 1 rings (SSSR count). The first-order chi connectivity index (χ1) is 7.04. The van der Waals surface area contributed by atoms with Gasteiger partial charge in [0.25, 0.3) is 5.91 Å². The van der Waals surface area contributed by atoms with Crippen molar-refractivity contribution in [2.24, 2.45) is 5.92 Å². The zero-order valence-corrected chi connectivity index (χ0v) is 10.2. The molecule has 15 heavy (non-hydrogen) atoms. The zero-order valence-electron chi connectivity index (χ0n) is 10.2. The maximum atomic E-state index is 11.7. The van der Waals surface area contributed by atoms with Crippen molar-refractivity contribution in [3.8, 4) is 0 Å². The van der Waals surface area contributed by atoms with Crippen LogP contribution in [0, 0.1) is 5.92 Å². The van der Waals surface area contributed by atoms with Crippen molar-refractivity contribution in [1.82, 2.24) is 9.80 Å². The van der Waals surface area contributed by atoms with Crippen molar-refractivity contribution in [2.75, 3.05) is 40.8 Å². The van der Waals surface area contributed by atoms with Gasteiger partial charge in [0, 0.05) is 27.2 Å². The Kier molecular flexibility index (Phi) is 4.54. The van der Waals surface area contributed by atoms with Crippen LogP contribution in [-0.2, 0) is 9.53 Å². The third-order valence-electron chi connectivity index (χ3n) is 3.10. The smallest absolute Gasteiger partial charge is 0.251 e. The zero-order chi connectivity index (χ0) is 11.4. The minimum Gasteiger partial charge on any atom is -0.372 e. The minimum atomic E-state index is -0.325. The molecule has 1 fully saturated rings. The van der Waals surface area contributed by atoms with Gasteiger partial charge in [-0.3, -0.25) is 4.79 Å². The lowest BCUT2D eigenvalue weighted by molar-refractivity contribution is -0.140. The highest BCUT2D eigenvalue weighted by Gasteiger charge is 2.24. The second kappa shape index (κ2) is 5.47. The number of likely N-dealkylation sites (N-methyl/N-ethyl adjacent to an activating group) is 1. The summed E-state index contributed by atoms with van der Waals surface area (Å²) in [6.45, 7) is 4.88. The molecule has 2 unspecified atom stereocenters. The first-order valence-electron chi connectivity index (χ1n) is 5.51. The fraction of sp³-hybridized carbons (Fsp3) is 0.909. The van der Waals surface area contributed by atoms with Gasteiger partial charge in [0.1, 0.15) is 6.10 Å². The van der Waals surface area contributed by atoms with Gasteiger partial charge in [-0.2, -0.15) is 0 Å². The Labute approximate surface area is 92.2 Å². The van der Waals surface area contributed by atoms with Gasteiger partial charge in [-0.15, -0.1) is 0 Å². The van der Waals surface area contributed by atoms with E-state index in [0.29, 0.717) is 5.92 Å². The molecule has 0 aliphatic carbocycles. The van der Waals surface area contributed by atoms with Gasteiger partial charge in [0.15, 0.2) is 0 Å². The summed E-state index contributed by atoms with van der Waals surface area (Å²) in [6.07, 6.45) is 0.865. The van der Waals surface area contributed by atoms with Crippen molar-refractivity contribution < 1.29 is 9.53 Å². The van der Waals surface area contributed by atoms with Crippen LogP contribution in [0.25, 0.3) is 0 Å². The van der Waals surface area contributed by atoms with Crippen molar-refractivity contribution in [3.63, 3.8) is 0 Å². The van der Waals surface area contributed by atoms with Crippen LogP contribution in [0.3, 0.4) is 0 Å². The molecule has 0 N–H and O–H groups in total. The topological polar surface area (TPSA) is 32.8 Å². The summed E-state index contributed by atoms with van der Waals surface area (Å²) in [4.78, 5) is 15.8. The molecule has 0 aromatic heterocycles. The van der Waals surface area contributed by atoms with E-state index >= 15 is 0 Å². The largest absolute Gasteiger partial charge is 0.372 e. The van der Waals surface area contributed by atoms with Gasteiger partial charge in [0.05, 0.1) is 0 Å². The van der Waals surface area contributed by atoms with Crippen LogP contribution >= 0.6 is 0 Å².